The van der Waals surface area contributed by atoms with Gasteiger partial charge in [-0.25, -0.2) is 0 Å². The Hall–Kier alpha value is -1.81. The Morgan fingerprint density at radius 1 is 1.04 bits per heavy atom. The smallest absolute Gasteiger partial charge is 0.236 e. The maximum atomic E-state index is 13.0. The molecule has 0 aliphatic carbocycles. The van der Waals surface area contributed by atoms with Crippen molar-refractivity contribution in [3.63, 3.8) is 0 Å². The molecule has 0 unspecified atom stereocenters. The molecular formula is C19H15Cl2NOS. The normalized spacial score (nSPS) is 10.6. The van der Waals surface area contributed by atoms with Crippen LogP contribution in [0.5, 0.6) is 0 Å². The van der Waals surface area contributed by atoms with Crippen LogP contribution in [-0.2, 0) is 11.2 Å². The Labute approximate surface area is 155 Å². The van der Waals surface area contributed by atoms with Gasteiger partial charge in [0.15, 0.2) is 0 Å². The van der Waals surface area contributed by atoms with Crippen molar-refractivity contribution >= 4 is 51.8 Å². The monoisotopic (exact) mass is 375 g/mol. The predicted molar refractivity (Wildman–Crippen MR) is 103 cm³/mol. The van der Waals surface area contributed by atoms with Crippen molar-refractivity contribution in [2.75, 3.05) is 4.90 Å². The summed E-state index contributed by atoms with van der Waals surface area (Å²) in [6.45, 7) is 2.02. The number of amides is 1. The summed E-state index contributed by atoms with van der Waals surface area (Å²) in [4.78, 5) is 14.6. The van der Waals surface area contributed by atoms with Gasteiger partial charge < -0.3 is 0 Å². The summed E-state index contributed by atoms with van der Waals surface area (Å²) in [5, 5.41) is 4.73. The second-order valence-electron chi connectivity index (χ2n) is 5.44. The van der Waals surface area contributed by atoms with Crippen LogP contribution in [0, 0.1) is 6.92 Å². The first-order valence-electron chi connectivity index (χ1n) is 7.41. The summed E-state index contributed by atoms with van der Waals surface area (Å²) in [5.41, 5.74) is 3.41. The maximum Gasteiger partial charge on any atom is 0.236 e. The summed E-state index contributed by atoms with van der Waals surface area (Å²) in [6.07, 6.45) is 0.275. The molecule has 5 heteroatoms. The average molecular weight is 376 g/mol. The van der Waals surface area contributed by atoms with Crippen molar-refractivity contribution in [2.45, 2.75) is 13.3 Å². The van der Waals surface area contributed by atoms with Crippen molar-refractivity contribution < 1.29 is 4.79 Å². The lowest BCUT2D eigenvalue weighted by Gasteiger charge is -2.24. The van der Waals surface area contributed by atoms with E-state index in [2.05, 4.69) is 0 Å². The van der Waals surface area contributed by atoms with Crippen molar-refractivity contribution in [3.8, 4) is 0 Å². The molecule has 1 aromatic heterocycles. The zero-order chi connectivity index (χ0) is 17.1. The Bertz CT molecular complexity index is 824. The van der Waals surface area contributed by atoms with Gasteiger partial charge in [0.25, 0.3) is 0 Å². The Morgan fingerprint density at radius 3 is 2.29 bits per heavy atom. The van der Waals surface area contributed by atoms with Gasteiger partial charge in [-0.1, -0.05) is 59.1 Å². The van der Waals surface area contributed by atoms with Crippen molar-refractivity contribution in [2.24, 2.45) is 0 Å². The molecule has 2 aromatic carbocycles. The minimum Gasteiger partial charge on any atom is -0.277 e. The van der Waals surface area contributed by atoms with E-state index >= 15 is 0 Å². The van der Waals surface area contributed by atoms with Crippen LogP contribution in [0.2, 0.25) is 10.0 Å². The third kappa shape index (κ3) is 3.64. The van der Waals surface area contributed by atoms with Crippen molar-refractivity contribution in [1.29, 1.82) is 0 Å². The number of anilines is 2. The molecule has 0 radical (unpaired) electrons. The van der Waals surface area contributed by atoms with Gasteiger partial charge in [-0.15, -0.1) is 0 Å². The van der Waals surface area contributed by atoms with Gasteiger partial charge in [0.1, 0.15) is 0 Å². The lowest BCUT2D eigenvalue weighted by Crippen LogP contribution is -2.27. The minimum atomic E-state index is -0.0766. The van der Waals surface area contributed by atoms with Crippen molar-refractivity contribution in [3.05, 3.63) is 80.5 Å². The molecule has 0 aliphatic rings. The SMILES string of the molecule is Cc1ccc(CC(=O)N(c2ccsc2)c2c(Cl)cccc2Cl)cc1. The van der Waals surface area contributed by atoms with Crippen LogP contribution in [0.15, 0.2) is 59.3 Å². The van der Waals surface area contributed by atoms with Gasteiger partial charge >= 0.3 is 0 Å². The fraction of sp³-hybridized carbons (Fsp3) is 0.105. The van der Waals surface area contributed by atoms with Gasteiger partial charge in [0.2, 0.25) is 5.91 Å². The largest absolute Gasteiger partial charge is 0.277 e. The number of para-hydroxylation sites is 1. The molecule has 0 aliphatic heterocycles. The molecule has 1 amide bonds. The minimum absolute atomic E-state index is 0.0766. The van der Waals surface area contributed by atoms with Gasteiger partial charge in [-0.3, -0.25) is 9.69 Å². The highest BCUT2D eigenvalue weighted by atomic mass is 35.5. The van der Waals surface area contributed by atoms with Crippen LogP contribution in [0.3, 0.4) is 0 Å². The molecule has 0 fully saturated rings. The van der Waals surface area contributed by atoms with Gasteiger partial charge in [-0.05, 0) is 36.1 Å². The van der Waals surface area contributed by atoms with E-state index in [9.17, 15) is 4.79 Å². The third-order valence-electron chi connectivity index (χ3n) is 3.65. The fourth-order valence-corrected chi connectivity index (χ4v) is 3.63. The van der Waals surface area contributed by atoms with E-state index in [-0.39, 0.29) is 12.3 Å². The number of nitrogens with zero attached hydrogens (tertiary/aromatic N) is 1. The highest BCUT2D eigenvalue weighted by Gasteiger charge is 2.23. The van der Waals surface area contributed by atoms with Gasteiger partial charge in [0.05, 0.1) is 27.8 Å². The first kappa shape index (κ1) is 17.0. The molecule has 0 atom stereocenters. The number of benzene rings is 2. The standard InChI is InChI=1S/C19H15Cl2NOS/c1-13-5-7-14(8-6-13)11-18(23)22(15-9-10-24-12-15)19-16(20)3-2-4-17(19)21/h2-10,12H,11H2,1H3. The molecule has 3 aromatic rings. The third-order valence-corrected chi connectivity index (χ3v) is 4.93. The highest BCUT2D eigenvalue weighted by molar-refractivity contribution is 7.08. The summed E-state index contributed by atoms with van der Waals surface area (Å²) in [6, 6.07) is 15.1. The van der Waals surface area contributed by atoms with Crippen LogP contribution in [0.1, 0.15) is 11.1 Å². The number of halogens is 2. The molecule has 122 valence electrons. The molecule has 1 heterocycles. The molecule has 0 bridgehead atoms. The molecular weight excluding hydrogens is 361 g/mol. The highest BCUT2D eigenvalue weighted by Crippen LogP contribution is 2.39. The zero-order valence-corrected chi connectivity index (χ0v) is 15.3. The number of thiophene rings is 1. The molecule has 24 heavy (non-hydrogen) atoms. The topological polar surface area (TPSA) is 20.3 Å². The van der Waals surface area contributed by atoms with Crippen LogP contribution in [-0.4, -0.2) is 5.91 Å². The molecule has 0 N–H and O–H groups in total. The number of aryl methyl sites for hydroxylation is 1. The zero-order valence-electron chi connectivity index (χ0n) is 13.0. The number of hydrogen-bond donors (Lipinski definition) is 0. The second-order valence-corrected chi connectivity index (χ2v) is 7.04. The van der Waals surface area contributed by atoms with Crippen LogP contribution in [0.25, 0.3) is 0 Å². The molecule has 3 rings (SSSR count). The van der Waals surface area contributed by atoms with E-state index in [1.807, 2.05) is 48.0 Å². The summed E-state index contributed by atoms with van der Waals surface area (Å²) >= 11 is 14.2. The lowest BCUT2D eigenvalue weighted by molar-refractivity contribution is -0.117. The number of hydrogen-bond acceptors (Lipinski definition) is 2. The first-order chi connectivity index (χ1) is 11.6. The Kier molecular flexibility index (Phi) is 5.24. The summed E-state index contributed by atoms with van der Waals surface area (Å²) in [5.74, 6) is -0.0766. The lowest BCUT2D eigenvalue weighted by atomic mass is 10.1. The number of carbonyl (C=O) groups is 1. The molecule has 0 spiro atoms. The summed E-state index contributed by atoms with van der Waals surface area (Å²) < 4.78 is 0. The number of carbonyl (C=O) groups excluding carboxylic acids is 1. The van der Waals surface area contributed by atoms with E-state index in [0.717, 1.165) is 16.8 Å². The first-order valence-corrected chi connectivity index (χ1v) is 9.11. The van der Waals surface area contributed by atoms with Crippen LogP contribution >= 0.6 is 34.5 Å². The predicted octanol–water partition coefficient (Wildman–Crippen LogP) is 6.27. The average Bonchev–Trinajstić information content (AvgIpc) is 3.07. The van der Waals surface area contributed by atoms with Crippen LogP contribution < -0.4 is 4.90 Å². The van der Waals surface area contributed by atoms with E-state index in [1.54, 1.807) is 23.1 Å². The summed E-state index contributed by atoms with van der Waals surface area (Å²) in [7, 11) is 0. The molecule has 2 nitrogen and oxygen atoms in total. The van der Waals surface area contributed by atoms with E-state index in [0.29, 0.717) is 15.7 Å². The van der Waals surface area contributed by atoms with E-state index in [4.69, 9.17) is 23.2 Å². The van der Waals surface area contributed by atoms with Crippen LogP contribution in [0.4, 0.5) is 11.4 Å². The Balaban J connectivity index is 1.99. The second kappa shape index (κ2) is 7.39. The quantitative estimate of drug-likeness (QED) is 0.525. The Morgan fingerprint density at radius 2 is 1.71 bits per heavy atom. The van der Waals surface area contributed by atoms with E-state index < -0.39 is 0 Å². The molecule has 0 saturated carbocycles. The number of rotatable bonds is 4. The van der Waals surface area contributed by atoms with Gasteiger partial charge in [0, 0.05) is 5.38 Å². The van der Waals surface area contributed by atoms with Gasteiger partial charge in [-0.2, -0.15) is 11.3 Å². The molecule has 0 saturated heterocycles. The maximum absolute atomic E-state index is 13.0. The van der Waals surface area contributed by atoms with Crippen molar-refractivity contribution in [1.82, 2.24) is 0 Å². The fourth-order valence-electron chi connectivity index (χ4n) is 2.44. The van der Waals surface area contributed by atoms with E-state index in [1.165, 1.54) is 11.3 Å².